The van der Waals surface area contributed by atoms with Gasteiger partial charge in [0, 0.05) is 23.7 Å². The standard InChI is InChI=1S/C23H29N3O2/c1-16(2)22(27)26-20-18-7-3-4-8-19(18)23(9-12-24-13-10-23)21(20)28-15-17-6-5-11-25-14-17/h3-8,11,14,16,20-21,24H,9-10,12-13,15H2,1-2H3,(H,26,27). The Bertz CT molecular complexity index is 816. The molecule has 1 aliphatic heterocycles. The Morgan fingerprint density at radius 2 is 2.04 bits per heavy atom. The lowest BCUT2D eigenvalue weighted by Gasteiger charge is -2.41. The quantitative estimate of drug-likeness (QED) is 0.838. The third kappa shape index (κ3) is 3.45. The molecule has 4 rings (SSSR count). The van der Waals surface area contributed by atoms with E-state index in [1.54, 1.807) is 6.20 Å². The van der Waals surface area contributed by atoms with Crippen molar-refractivity contribution in [2.24, 2.45) is 5.92 Å². The fourth-order valence-electron chi connectivity index (χ4n) is 4.68. The molecule has 2 unspecified atom stereocenters. The highest BCUT2D eigenvalue weighted by Crippen LogP contribution is 2.51. The molecule has 1 aromatic carbocycles. The Morgan fingerprint density at radius 3 is 2.75 bits per heavy atom. The van der Waals surface area contributed by atoms with Crippen LogP contribution in [0.1, 0.15) is 49.4 Å². The molecule has 5 heteroatoms. The van der Waals surface area contributed by atoms with Crippen molar-refractivity contribution >= 4 is 5.91 Å². The second kappa shape index (κ2) is 8.02. The molecule has 0 radical (unpaired) electrons. The van der Waals surface area contributed by atoms with Crippen molar-refractivity contribution in [3.63, 3.8) is 0 Å². The predicted molar refractivity (Wildman–Crippen MR) is 109 cm³/mol. The molecule has 2 atom stereocenters. The number of ether oxygens (including phenoxy) is 1. The molecular weight excluding hydrogens is 350 g/mol. The van der Waals surface area contributed by atoms with Crippen LogP contribution >= 0.6 is 0 Å². The maximum Gasteiger partial charge on any atom is 0.223 e. The van der Waals surface area contributed by atoms with E-state index >= 15 is 0 Å². The van der Waals surface area contributed by atoms with E-state index in [0.29, 0.717) is 6.61 Å². The van der Waals surface area contributed by atoms with Gasteiger partial charge in [0.1, 0.15) is 0 Å². The summed E-state index contributed by atoms with van der Waals surface area (Å²) < 4.78 is 6.58. The largest absolute Gasteiger partial charge is 0.370 e. The first-order chi connectivity index (χ1) is 13.6. The topological polar surface area (TPSA) is 63.2 Å². The van der Waals surface area contributed by atoms with Crippen molar-refractivity contribution in [1.29, 1.82) is 0 Å². The Morgan fingerprint density at radius 1 is 1.25 bits per heavy atom. The van der Waals surface area contributed by atoms with E-state index in [2.05, 4.69) is 39.9 Å². The minimum atomic E-state index is -0.124. The second-order valence-corrected chi connectivity index (χ2v) is 8.23. The number of hydrogen-bond donors (Lipinski definition) is 2. The van der Waals surface area contributed by atoms with Gasteiger partial charge in [-0.3, -0.25) is 9.78 Å². The summed E-state index contributed by atoms with van der Waals surface area (Å²) in [6.45, 7) is 6.29. The molecule has 28 heavy (non-hydrogen) atoms. The normalized spacial score (nSPS) is 23.0. The number of rotatable bonds is 5. The van der Waals surface area contributed by atoms with Crippen LogP contribution in [0.3, 0.4) is 0 Å². The number of nitrogens with one attached hydrogen (secondary N) is 2. The zero-order valence-corrected chi connectivity index (χ0v) is 16.7. The molecule has 1 aliphatic carbocycles. The first-order valence-electron chi connectivity index (χ1n) is 10.2. The van der Waals surface area contributed by atoms with Gasteiger partial charge in [-0.05, 0) is 48.7 Å². The molecule has 0 saturated carbocycles. The van der Waals surface area contributed by atoms with Crippen LogP contribution in [0.4, 0.5) is 0 Å². The Labute approximate surface area is 166 Å². The van der Waals surface area contributed by atoms with Crippen molar-refractivity contribution in [3.8, 4) is 0 Å². The van der Waals surface area contributed by atoms with Crippen LogP contribution in [0, 0.1) is 5.92 Å². The van der Waals surface area contributed by atoms with Gasteiger partial charge in [0.2, 0.25) is 5.91 Å². The van der Waals surface area contributed by atoms with Crippen molar-refractivity contribution in [1.82, 2.24) is 15.6 Å². The Hall–Kier alpha value is -2.24. The van der Waals surface area contributed by atoms with Gasteiger partial charge in [-0.25, -0.2) is 0 Å². The van der Waals surface area contributed by atoms with Crippen molar-refractivity contribution in [2.45, 2.75) is 50.9 Å². The van der Waals surface area contributed by atoms with Crippen LogP contribution in [-0.4, -0.2) is 30.1 Å². The van der Waals surface area contributed by atoms with Gasteiger partial charge in [-0.2, -0.15) is 0 Å². The van der Waals surface area contributed by atoms with Gasteiger partial charge in [0.15, 0.2) is 0 Å². The number of aromatic nitrogens is 1. The first kappa shape index (κ1) is 19.1. The number of amides is 1. The molecule has 0 bridgehead atoms. The Kier molecular flexibility index (Phi) is 5.47. The molecule has 2 heterocycles. The molecule has 1 saturated heterocycles. The molecular formula is C23H29N3O2. The number of carbonyl (C=O) groups is 1. The summed E-state index contributed by atoms with van der Waals surface area (Å²) in [7, 11) is 0. The predicted octanol–water partition coefficient (Wildman–Crippen LogP) is 3.12. The zero-order valence-electron chi connectivity index (χ0n) is 16.7. The van der Waals surface area contributed by atoms with Gasteiger partial charge in [-0.15, -0.1) is 0 Å². The van der Waals surface area contributed by atoms with Crippen LogP contribution in [0.2, 0.25) is 0 Å². The molecule has 148 valence electrons. The monoisotopic (exact) mass is 379 g/mol. The molecule has 2 aromatic rings. The van der Waals surface area contributed by atoms with E-state index < -0.39 is 0 Å². The fraction of sp³-hybridized carbons (Fsp3) is 0.478. The first-order valence-corrected chi connectivity index (χ1v) is 10.2. The lowest BCUT2D eigenvalue weighted by Crippen LogP contribution is -2.50. The van der Waals surface area contributed by atoms with Gasteiger partial charge >= 0.3 is 0 Å². The average molecular weight is 380 g/mol. The molecule has 2 aliphatic rings. The summed E-state index contributed by atoms with van der Waals surface area (Å²) in [4.78, 5) is 16.8. The number of piperidine rings is 1. The molecule has 1 aromatic heterocycles. The van der Waals surface area contributed by atoms with Gasteiger partial charge in [0.05, 0.1) is 18.8 Å². The van der Waals surface area contributed by atoms with Crippen LogP contribution in [0.25, 0.3) is 0 Å². The van der Waals surface area contributed by atoms with E-state index in [1.165, 1.54) is 11.1 Å². The van der Waals surface area contributed by atoms with E-state index in [0.717, 1.165) is 31.5 Å². The molecule has 1 spiro atoms. The summed E-state index contributed by atoms with van der Waals surface area (Å²) in [5.41, 5.74) is 3.52. The van der Waals surface area contributed by atoms with Crippen LogP contribution in [-0.2, 0) is 21.6 Å². The van der Waals surface area contributed by atoms with E-state index in [9.17, 15) is 4.79 Å². The second-order valence-electron chi connectivity index (χ2n) is 8.23. The average Bonchev–Trinajstić information content (AvgIpc) is 2.97. The number of benzene rings is 1. The van der Waals surface area contributed by atoms with E-state index in [1.807, 2.05) is 32.2 Å². The number of fused-ring (bicyclic) bond motifs is 2. The molecule has 5 nitrogen and oxygen atoms in total. The fourth-order valence-corrected chi connectivity index (χ4v) is 4.68. The minimum absolute atomic E-state index is 0.0595. The number of carbonyl (C=O) groups excluding carboxylic acids is 1. The van der Waals surface area contributed by atoms with Gasteiger partial charge in [0.25, 0.3) is 0 Å². The highest BCUT2D eigenvalue weighted by atomic mass is 16.5. The zero-order chi connectivity index (χ0) is 19.6. The SMILES string of the molecule is CC(C)C(=O)NC1c2ccccc2C2(CCNCC2)C1OCc1cccnc1. The number of pyridine rings is 1. The lowest BCUT2D eigenvalue weighted by atomic mass is 9.72. The van der Waals surface area contributed by atoms with Crippen LogP contribution < -0.4 is 10.6 Å². The summed E-state index contributed by atoms with van der Waals surface area (Å²) in [5, 5.41) is 6.77. The van der Waals surface area contributed by atoms with E-state index in [-0.39, 0.29) is 29.4 Å². The van der Waals surface area contributed by atoms with Crippen LogP contribution in [0.5, 0.6) is 0 Å². The molecule has 2 N–H and O–H groups in total. The summed E-state index contributed by atoms with van der Waals surface area (Å²) in [6, 6.07) is 12.4. The number of hydrogen-bond acceptors (Lipinski definition) is 4. The van der Waals surface area contributed by atoms with Crippen molar-refractivity contribution in [3.05, 3.63) is 65.5 Å². The number of nitrogens with zero attached hydrogens (tertiary/aromatic N) is 1. The maximum atomic E-state index is 12.6. The molecule has 1 amide bonds. The van der Waals surface area contributed by atoms with Crippen molar-refractivity contribution in [2.75, 3.05) is 13.1 Å². The molecule has 1 fully saturated rings. The third-order valence-electron chi connectivity index (χ3n) is 6.15. The maximum absolute atomic E-state index is 12.6. The third-order valence-corrected chi connectivity index (χ3v) is 6.15. The summed E-state index contributed by atoms with van der Waals surface area (Å²) >= 11 is 0. The minimum Gasteiger partial charge on any atom is -0.370 e. The lowest BCUT2D eigenvalue weighted by molar-refractivity contribution is -0.127. The smallest absolute Gasteiger partial charge is 0.223 e. The summed E-state index contributed by atoms with van der Waals surface area (Å²) in [5.74, 6) is 0.0106. The highest BCUT2D eigenvalue weighted by Gasteiger charge is 2.53. The van der Waals surface area contributed by atoms with Crippen molar-refractivity contribution < 1.29 is 9.53 Å². The van der Waals surface area contributed by atoms with Gasteiger partial charge < -0.3 is 15.4 Å². The van der Waals surface area contributed by atoms with E-state index in [4.69, 9.17) is 4.74 Å². The van der Waals surface area contributed by atoms with Crippen LogP contribution in [0.15, 0.2) is 48.8 Å². The summed E-state index contributed by atoms with van der Waals surface area (Å²) in [6.07, 6.45) is 5.55. The highest BCUT2D eigenvalue weighted by molar-refractivity contribution is 5.78. The van der Waals surface area contributed by atoms with Gasteiger partial charge in [-0.1, -0.05) is 44.2 Å². The Balaban J connectivity index is 1.69.